The summed E-state index contributed by atoms with van der Waals surface area (Å²) in [5.41, 5.74) is 5.16. The monoisotopic (exact) mass is 224 g/mol. The van der Waals surface area contributed by atoms with Crippen molar-refractivity contribution in [1.29, 1.82) is 0 Å². The Morgan fingerprint density at radius 2 is 2.14 bits per heavy atom. The maximum atomic E-state index is 10.9. The number of carbonyl (C=O) groups is 2. The van der Waals surface area contributed by atoms with E-state index in [9.17, 15) is 18.0 Å². The fourth-order valence-electron chi connectivity index (χ4n) is 0.994. The van der Waals surface area contributed by atoms with Crippen LogP contribution in [0.15, 0.2) is 0 Å². The molecule has 0 saturated carbocycles. The van der Waals surface area contributed by atoms with Crippen LogP contribution in [0, 0.1) is 0 Å². The summed E-state index contributed by atoms with van der Waals surface area (Å²) < 4.78 is 34.1. The lowest BCUT2D eigenvalue weighted by Gasteiger charge is -2.40. The summed E-state index contributed by atoms with van der Waals surface area (Å²) in [5.74, 6) is -1.81. The smallest absolute Gasteiger partial charge is 0.365 e. The third kappa shape index (κ3) is 1.69. The topological polar surface area (TPSA) is 127 Å². The van der Waals surface area contributed by atoms with E-state index in [0.29, 0.717) is 0 Å². The van der Waals surface area contributed by atoms with Crippen molar-refractivity contribution in [2.24, 2.45) is 5.73 Å². The standard InChI is InChI=1S/C5H8N2O6S/c1-2(8)13-5-3(6)4(9)7(5)14(10,11)12/h3,5H,6H2,1H3,(H,10,11,12)/t3-,5-/m1/s1. The first kappa shape index (κ1) is 10.9. The van der Waals surface area contributed by atoms with E-state index in [4.69, 9.17) is 10.3 Å². The highest BCUT2D eigenvalue weighted by Crippen LogP contribution is 2.22. The van der Waals surface area contributed by atoms with Gasteiger partial charge in [0.1, 0.15) is 6.04 Å². The van der Waals surface area contributed by atoms with E-state index in [1.165, 1.54) is 0 Å². The van der Waals surface area contributed by atoms with Crippen LogP contribution < -0.4 is 5.73 Å². The molecule has 1 saturated heterocycles. The van der Waals surface area contributed by atoms with Crippen LogP contribution in [0.1, 0.15) is 6.92 Å². The summed E-state index contributed by atoms with van der Waals surface area (Å²) in [6.45, 7) is 1.03. The van der Waals surface area contributed by atoms with Crippen molar-refractivity contribution in [3.8, 4) is 0 Å². The van der Waals surface area contributed by atoms with E-state index in [1.807, 2.05) is 0 Å². The van der Waals surface area contributed by atoms with Crippen LogP contribution in [0.4, 0.5) is 0 Å². The lowest BCUT2D eigenvalue weighted by molar-refractivity contribution is -0.175. The molecule has 0 unspecified atom stereocenters. The molecule has 1 amide bonds. The Bertz CT molecular complexity index is 376. The molecule has 1 aliphatic rings. The molecule has 1 heterocycles. The van der Waals surface area contributed by atoms with Gasteiger partial charge in [0, 0.05) is 6.92 Å². The molecule has 3 N–H and O–H groups in total. The fraction of sp³-hybridized carbons (Fsp3) is 0.600. The molecule has 80 valence electrons. The van der Waals surface area contributed by atoms with Gasteiger partial charge in [-0.05, 0) is 0 Å². The van der Waals surface area contributed by atoms with Crippen LogP contribution in [0.2, 0.25) is 0 Å². The first-order chi connectivity index (χ1) is 6.25. The Morgan fingerprint density at radius 3 is 2.50 bits per heavy atom. The zero-order valence-corrected chi connectivity index (χ0v) is 7.89. The Kier molecular flexibility index (Phi) is 2.48. The van der Waals surface area contributed by atoms with Gasteiger partial charge in [-0.3, -0.25) is 14.1 Å². The number of β-lactam (4-membered cyclic amide) rings is 1. The highest BCUT2D eigenvalue weighted by atomic mass is 32.2. The molecule has 0 aliphatic carbocycles. The molecular weight excluding hydrogens is 216 g/mol. The second-order valence-corrected chi connectivity index (χ2v) is 3.93. The number of ether oxygens (including phenoxy) is 1. The minimum absolute atomic E-state index is 0.0130. The van der Waals surface area contributed by atoms with Gasteiger partial charge in [-0.1, -0.05) is 0 Å². The Balaban J connectivity index is 2.86. The number of amides is 1. The maximum Gasteiger partial charge on any atom is 0.365 e. The molecule has 0 aromatic rings. The molecule has 8 nitrogen and oxygen atoms in total. The van der Waals surface area contributed by atoms with Gasteiger partial charge in [-0.15, -0.1) is 0 Å². The van der Waals surface area contributed by atoms with Crippen LogP contribution in [0.25, 0.3) is 0 Å². The number of esters is 1. The van der Waals surface area contributed by atoms with Crippen molar-refractivity contribution < 1.29 is 27.3 Å². The van der Waals surface area contributed by atoms with Gasteiger partial charge in [0.25, 0.3) is 5.91 Å². The van der Waals surface area contributed by atoms with Gasteiger partial charge in [-0.25, -0.2) is 0 Å². The minimum atomic E-state index is -4.72. The molecule has 1 aliphatic heterocycles. The number of nitrogens with zero attached hydrogens (tertiary/aromatic N) is 1. The van der Waals surface area contributed by atoms with Gasteiger partial charge in [-0.2, -0.15) is 12.7 Å². The Labute approximate surface area is 79.5 Å². The highest BCUT2D eigenvalue weighted by molar-refractivity contribution is 7.84. The van der Waals surface area contributed by atoms with Crippen molar-refractivity contribution >= 4 is 22.2 Å². The lowest BCUT2D eigenvalue weighted by Crippen LogP contribution is -2.71. The second-order valence-electron chi connectivity index (χ2n) is 2.64. The quantitative estimate of drug-likeness (QED) is 0.311. The van der Waals surface area contributed by atoms with Gasteiger partial charge in [0.2, 0.25) is 6.23 Å². The van der Waals surface area contributed by atoms with Crippen molar-refractivity contribution in [2.75, 3.05) is 0 Å². The molecule has 9 heteroatoms. The van der Waals surface area contributed by atoms with E-state index in [2.05, 4.69) is 4.74 Å². The average Bonchev–Trinajstić information content (AvgIpc) is 1.99. The second kappa shape index (κ2) is 3.19. The van der Waals surface area contributed by atoms with E-state index in [0.717, 1.165) is 6.92 Å². The SMILES string of the molecule is CC(=O)O[C@@H]1[C@H](N)C(=O)N1S(=O)(=O)O. The molecule has 0 aromatic heterocycles. The van der Waals surface area contributed by atoms with Crippen LogP contribution in [-0.4, -0.2) is 41.4 Å². The first-order valence-electron chi connectivity index (χ1n) is 3.48. The van der Waals surface area contributed by atoms with Crippen LogP contribution in [-0.2, 0) is 24.6 Å². The molecule has 14 heavy (non-hydrogen) atoms. The number of rotatable bonds is 2. The van der Waals surface area contributed by atoms with E-state index in [-0.39, 0.29) is 4.31 Å². The Morgan fingerprint density at radius 1 is 1.64 bits per heavy atom. The fourth-order valence-corrected chi connectivity index (χ4v) is 1.78. The predicted octanol–water partition coefficient (Wildman–Crippen LogP) is -2.15. The van der Waals surface area contributed by atoms with Crippen molar-refractivity contribution in [2.45, 2.75) is 19.2 Å². The molecule has 1 fully saturated rings. The largest absolute Gasteiger partial charge is 0.438 e. The predicted molar refractivity (Wildman–Crippen MR) is 41.9 cm³/mol. The minimum Gasteiger partial charge on any atom is -0.438 e. The molecular formula is C5H8N2O6S. The van der Waals surface area contributed by atoms with Gasteiger partial charge in [0.15, 0.2) is 0 Å². The summed E-state index contributed by atoms with van der Waals surface area (Å²) in [4.78, 5) is 21.4. The zero-order valence-electron chi connectivity index (χ0n) is 7.08. The molecule has 0 aromatic carbocycles. The van der Waals surface area contributed by atoms with Gasteiger partial charge in [0.05, 0.1) is 0 Å². The number of carbonyl (C=O) groups excluding carboxylic acids is 2. The van der Waals surface area contributed by atoms with Crippen molar-refractivity contribution in [3.63, 3.8) is 0 Å². The molecule has 1 rings (SSSR count). The molecule has 2 atom stereocenters. The summed E-state index contributed by atoms with van der Waals surface area (Å²) in [5, 5.41) is 0. The van der Waals surface area contributed by atoms with E-state index < -0.39 is 34.5 Å². The average molecular weight is 224 g/mol. The summed E-state index contributed by atoms with van der Waals surface area (Å²) in [7, 11) is -4.72. The zero-order chi connectivity index (χ0) is 11.1. The normalized spacial score (nSPS) is 27.1. The summed E-state index contributed by atoms with van der Waals surface area (Å²) in [6, 6.07) is -1.25. The van der Waals surface area contributed by atoms with Crippen molar-refractivity contribution in [1.82, 2.24) is 4.31 Å². The summed E-state index contributed by atoms with van der Waals surface area (Å²) in [6.07, 6.45) is -1.45. The third-order valence-corrected chi connectivity index (χ3v) is 2.46. The molecule has 0 spiro atoms. The van der Waals surface area contributed by atoms with E-state index in [1.54, 1.807) is 0 Å². The molecule has 0 bridgehead atoms. The van der Waals surface area contributed by atoms with Gasteiger partial charge >= 0.3 is 16.3 Å². The van der Waals surface area contributed by atoms with Crippen molar-refractivity contribution in [3.05, 3.63) is 0 Å². The number of nitrogens with two attached hydrogens (primary N) is 1. The lowest BCUT2D eigenvalue weighted by atomic mass is 10.1. The van der Waals surface area contributed by atoms with Crippen LogP contribution in [0.5, 0.6) is 0 Å². The molecule has 0 radical (unpaired) electrons. The first-order valence-corrected chi connectivity index (χ1v) is 4.88. The van der Waals surface area contributed by atoms with E-state index >= 15 is 0 Å². The summed E-state index contributed by atoms with van der Waals surface area (Å²) >= 11 is 0. The highest BCUT2D eigenvalue weighted by Gasteiger charge is 2.53. The Hall–Kier alpha value is -1.19. The number of hydrogen-bond acceptors (Lipinski definition) is 6. The van der Waals surface area contributed by atoms with Crippen LogP contribution >= 0.6 is 0 Å². The number of hydrogen-bond donors (Lipinski definition) is 2. The van der Waals surface area contributed by atoms with Crippen LogP contribution in [0.3, 0.4) is 0 Å². The maximum absolute atomic E-state index is 10.9. The third-order valence-electron chi connectivity index (χ3n) is 1.58. The van der Waals surface area contributed by atoms with Gasteiger partial charge < -0.3 is 10.5 Å².